The maximum atomic E-state index is 12.2. The van der Waals surface area contributed by atoms with Crippen molar-refractivity contribution < 1.29 is 14.3 Å². The van der Waals surface area contributed by atoms with Crippen LogP contribution < -0.4 is 10.1 Å². The van der Waals surface area contributed by atoms with Crippen LogP contribution in [0.5, 0.6) is 5.88 Å². The maximum Gasteiger partial charge on any atom is 0.248 e. The normalized spacial score (nSPS) is 10.9. The zero-order chi connectivity index (χ0) is 18.9. The quantitative estimate of drug-likeness (QED) is 0.462. The largest absolute Gasteiger partial charge is 0.474 e. The molecule has 3 rings (SSSR count). The van der Waals surface area contributed by atoms with Crippen molar-refractivity contribution in [1.82, 2.24) is 4.98 Å². The average molecular weight is 380 g/mol. The summed E-state index contributed by atoms with van der Waals surface area (Å²) in [4.78, 5) is 18.6. The topological polar surface area (TPSA) is 60.5 Å². The van der Waals surface area contributed by atoms with Gasteiger partial charge in [0.15, 0.2) is 0 Å². The first-order valence-corrected chi connectivity index (χ1v) is 9.29. The summed E-state index contributed by atoms with van der Waals surface area (Å²) in [6, 6.07) is 17.7. The van der Waals surface area contributed by atoms with Gasteiger partial charge in [0.1, 0.15) is 12.3 Å². The second-order valence-electron chi connectivity index (χ2n) is 5.59. The van der Waals surface area contributed by atoms with Gasteiger partial charge in [0.05, 0.1) is 6.61 Å². The Morgan fingerprint density at radius 3 is 2.78 bits per heavy atom. The number of carbonyl (C=O) groups excluding carboxylic acids is 1. The molecule has 0 aliphatic rings. The number of hydrogen-bond donors (Lipinski definition) is 1. The summed E-state index contributed by atoms with van der Waals surface area (Å²) < 4.78 is 10.5. The molecule has 0 atom stereocenters. The standard InChI is InChI=1S/C21H20N2O3S/c1-25-14-15-26-21-18(8-5-13-22-21)23-20(24)12-10-17-9-11-19(27-17)16-6-3-2-4-7-16/h2-13H,14-15H2,1H3,(H,23,24)/b12-10+. The third kappa shape index (κ3) is 5.51. The molecule has 0 saturated heterocycles. The Balaban J connectivity index is 1.62. The molecule has 1 amide bonds. The Bertz CT molecular complexity index is 907. The number of benzene rings is 1. The van der Waals surface area contributed by atoms with Crippen molar-refractivity contribution in [2.24, 2.45) is 0 Å². The Labute approximate surface area is 162 Å². The van der Waals surface area contributed by atoms with E-state index in [1.807, 2.05) is 24.3 Å². The van der Waals surface area contributed by atoms with Gasteiger partial charge in [0.25, 0.3) is 0 Å². The van der Waals surface area contributed by atoms with E-state index in [0.29, 0.717) is 24.8 Å². The molecule has 0 spiro atoms. The van der Waals surface area contributed by atoms with Gasteiger partial charge in [-0.05, 0) is 35.9 Å². The van der Waals surface area contributed by atoms with Crippen molar-refractivity contribution in [3.8, 4) is 16.3 Å². The van der Waals surface area contributed by atoms with Crippen molar-refractivity contribution >= 4 is 29.0 Å². The van der Waals surface area contributed by atoms with E-state index < -0.39 is 0 Å². The number of thiophene rings is 1. The highest BCUT2D eigenvalue weighted by Crippen LogP contribution is 2.28. The fraction of sp³-hybridized carbons (Fsp3) is 0.143. The molecule has 138 valence electrons. The summed E-state index contributed by atoms with van der Waals surface area (Å²) >= 11 is 1.63. The van der Waals surface area contributed by atoms with E-state index in [2.05, 4.69) is 28.5 Å². The fourth-order valence-electron chi connectivity index (χ4n) is 2.35. The van der Waals surface area contributed by atoms with Gasteiger partial charge in [-0.1, -0.05) is 30.3 Å². The number of carbonyl (C=O) groups is 1. The Morgan fingerprint density at radius 1 is 1.11 bits per heavy atom. The maximum absolute atomic E-state index is 12.2. The first kappa shape index (κ1) is 18.8. The summed E-state index contributed by atoms with van der Waals surface area (Å²) in [5.74, 6) is 0.132. The third-order valence-corrected chi connectivity index (χ3v) is 4.74. The predicted octanol–water partition coefficient (Wildman–Crippen LogP) is 4.49. The summed E-state index contributed by atoms with van der Waals surface area (Å²) in [6.45, 7) is 0.815. The Morgan fingerprint density at radius 2 is 1.96 bits per heavy atom. The van der Waals surface area contributed by atoms with Crippen LogP contribution in [0.2, 0.25) is 0 Å². The molecule has 0 aliphatic heterocycles. The minimum absolute atomic E-state index is 0.241. The number of rotatable bonds is 8. The summed E-state index contributed by atoms with van der Waals surface area (Å²) in [5.41, 5.74) is 1.69. The molecular weight excluding hydrogens is 360 g/mol. The second kappa shape index (κ2) is 9.66. The van der Waals surface area contributed by atoms with Crippen molar-refractivity contribution in [2.75, 3.05) is 25.6 Å². The minimum atomic E-state index is -0.241. The van der Waals surface area contributed by atoms with Crippen LogP contribution >= 0.6 is 11.3 Å². The summed E-state index contributed by atoms with van der Waals surface area (Å²) in [5, 5.41) is 2.80. The van der Waals surface area contributed by atoms with Crippen molar-refractivity contribution in [1.29, 1.82) is 0 Å². The van der Waals surface area contributed by atoms with Crippen LogP contribution in [0.25, 0.3) is 16.5 Å². The smallest absolute Gasteiger partial charge is 0.248 e. The van der Waals surface area contributed by atoms with Crippen LogP contribution in [-0.2, 0) is 9.53 Å². The van der Waals surface area contributed by atoms with Crippen LogP contribution in [-0.4, -0.2) is 31.2 Å². The number of hydrogen-bond acceptors (Lipinski definition) is 5. The number of nitrogens with one attached hydrogen (secondary N) is 1. The molecule has 6 heteroatoms. The summed E-state index contributed by atoms with van der Waals surface area (Å²) in [7, 11) is 1.60. The van der Waals surface area contributed by atoms with E-state index >= 15 is 0 Å². The molecule has 27 heavy (non-hydrogen) atoms. The average Bonchev–Trinajstić information content (AvgIpc) is 3.18. The Kier molecular flexibility index (Phi) is 6.73. The molecule has 0 unspecified atom stereocenters. The van der Waals surface area contributed by atoms with Crippen LogP contribution in [0.1, 0.15) is 4.88 Å². The lowest BCUT2D eigenvalue weighted by atomic mass is 10.2. The second-order valence-corrected chi connectivity index (χ2v) is 6.70. The van der Waals surface area contributed by atoms with Gasteiger partial charge in [-0.3, -0.25) is 4.79 Å². The monoisotopic (exact) mass is 380 g/mol. The first-order chi connectivity index (χ1) is 13.3. The fourth-order valence-corrected chi connectivity index (χ4v) is 3.27. The highest BCUT2D eigenvalue weighted by Gasteiger charge is 2.07. The van der Waals surface area contributed by atoms with Gasteiger partial charge in [0, 0.05) is 29.1 Å². The summed E-state index contributed by atoms with van der Waals surface area (Å²) in [6.07, 6.45) is 4.92. The lowest BCUT2D eigenvalue weighted by molar-refractivity contribution is -0.111. The molecule has 0 bridgehead atoms. The number of pyridine rings is 1. The van der Waals surface area contributed by atoms with E-state index in [4.69, 9.17) is 9.47 Å². The number of anilines is 1. The SMILES string of the molecule is COCCOc1ncccc1NC(=O)/C=C/c1ccc(-c2ccccc2)s1. The van der Waals surface area contributed by atoms with Gasteiger partial charge in [-0.15, -0.1) is 11.3 Å². The van der Waals surface area contributed by atoms with E-state index in [9.17, 15) is 4.79 Å². The van der Waals surface area contributed by atoms with Crippen LogP contribution in [0.15, 0.2) is 66.9 Å². The van der Waals surface area contributed by atoms with Gasteiger partial charge < -0.3 is 14.8 Å². The van der Waals surface area contributed by atoms with Crippen LogP contribution in [0.4, 0.5) is 5.69 Å². The highest BCUT2D eigenvalue weighted by atomic mass is 32.1. The predicted molar refractivity (Wildman–Crippen MR) is 109 cm³/mol. The molecule has 1 aromatic carbocycles. The number of nitrogens with zero attached hydrogens (tertiary/aromatic N) is 1. The molecule has 1 N–H and O–H groups in total. The zero-order valence-corrected chi connectivity index (χ0v) is 15.7. The molecule has 0 radical (unpaired) electrons. The van der Waals surface area contributed by atoms with Crippen LogP contribution in [0, 0.1) is 0 Å². The molecule has 0 saturated carbocycles. The number of aromatic nitrogens is 1. The van der Waals surface area contributed by atoms with Gasteiger partial charge in [0.2, 0.25) is 11.8 Å². The number of ether oxygens (including phenoxy) is 2. The number of amides is 1. The third-order valence-electron chi connectivity index (χ3n) is 3.64. The molecule has 3 aromatic rings. The van der Waals surface area contributed by atoms with E-state index in [-0.39, 0.29) is 5.91 Å². The molecule has 2 heterocycles. The van der Waals surface area contributed by atoms with Crippen LogP contribution in [0.3, 0.4) is 0 Å². The molecule has 0 fully saturated rings. The Hall–Kier alpha value is -2.96. The minimum Gasteiger partial charge on any atom is -0.474 e. The molecular formula is C21H20N2O3S. The van der Waals surface area contributed by atoms with E-state index in [1.54, 1.807) is 42.9 Å². The lowest BCUT2D eigenvalue weighted by Crippen LogP contribution is -2.12. The van der Waals surface area contributed by atoms with Crippen molar-refractivity contribution in [3.05, 3.63) is 71.7 Å². The highest BCUT2D eigenvalue weighted by molar-refractivity contribution is 7.16. The molecule has 2 aromatic heterocycles. The first-order valence-electron chi connectivity index (χ1n) is 8.47. The van der Waals surface area contributed by atoms with Crippen molar-refractivity contribution in [3.63, 3.8) is 0 Å². The van der Waals surface area contributed by atoms with E-state index in [0.717, 1.165) is 9.75 Å². The van der Waals surface area contributed by atoms with Gasteiger partial charge in [-0.2, -0.15) is 0 Å². The van der Waals surface area contributed by atoms with Gasteiger partial charge in [-0.25, -0.2) is 4.98 Å². The molecule has 0 aliphatic carbocycles. The lowest BCUT2D eigenvalue weighted by Gasteiger charge is -2.09. The van der Waals surface area contributed by atoms with E-state index in [1.165, 1.54) is 11.6 Å². The molecule has 5 nitrogen and oxygen atoms in total. The van der Waals surface area contributed by atoms with Crippen molar-refractivity contribution in [2.45, 2.75) is 0 Å². The number of methoxy groups -OCH3 is 1. The zero-order valence-electron chi connectivity index (χ0n) is 14.9. The van der Waals surface area contributed by atoms with Gasteiger partial charge >= 0.3 is 0 Å².